The zero-order valence-electron chi connectivity index (χ0n) is 12.5. The molecule has 0 fully saturated rings. The summed E-state index contributed by atoms with van der Waals surface area (Å²) in [4.78, 5) is 0. The number of aromatic nitrogens is 2. The fourth-order valence-corrected chi connectivity index (χ4v) is 3.05. The molecule has 3 rings (SSSR count). The molecule has 116 valence electrons. The molecule has 0 aliphatic rings. The number of nitrogens with zero attached hydrogens (tertiary/aromatic N) is 2. The minimum Gasteiger partial charge on any atom is -1.00 e. The fraction of sp³-hybridized carbons (Fsp3) is 0.235. The second kappa shape index (κ2) is 7.27. The molecule has 0 amide bonds. The van der Waals surface area contributed by atoms with Gasteiger partial charge in [-0.2, -0.15) is 0 Å². The van der Waals surface area contributed by atoms with Gasteiger partial charge >= 0.3 is 0 Å². The molecule has 0 atom stereocenters. The van der Waals surface area contributed by atoms with Gasteiger partial charge in [-0.3, -0.25) is 0 Å². The Kier molecular flexibility index (Phi) is 5.62. The minimum atomic E-state index is 0. The van der Waals surface area contributed by atoms with Crippen molar-refractivity contribution in [2.45, 2.75) is 26.6 Å². The molecular formula is C17H19BrClN3. The summed E-state index contributed by atoms with van der Waals surface area (Å²) in [6.07, 6.45) is 0. The lowest BCUT2D eigenvalue weighted by Gasteiger charge is -2.02. The Balaban J connectivity index is 0.00000176. The lowest BCUT2D eigenvalue weighted by Crippen LogP contribution is -3.00. The number of hydrogen-bond acceptors (Lipinski definition) is 1. The molecule has 0 aliphatic carbocycles. The smallest absolute Gasteiger partial charge is 0.271 e. The summed E-state index contributed by atoms with van der Waals surface area (Å²) >= 11 is 6.16. The number of imidazole rings is 1. The van der Waals surface area contributed by atoms with Gasteiger partial charge in [-0.05, 0) is 24.6 Å². The van der Waals surface area contributed by atoms with Crippen molar-refractivity contribution < 1.29 is 21.5 Å². The van der Waals surface area contributed by atoms with Gasteiger partial charge in [-0.15, -0.1) is 0 Å². The van der Waals surface area contributed by atoms with E-state index in [0.29, 0.717) is 6.54 Å². The lowest BCUT2D eigenvalue weighted by atomic mass is 10.2. The zero-order valence-corrected chi connectivity index (χ0v) is 14.8. The van der Waals surface area contributed by atoms with Crippen LogP contribution in [-0.2, 0) is 19.6 Å². The van der Waals surface area contributed by atoms with Crippen molar-refractivity contribution in [3.05, 3.63) is 64.9 Å². The molecule has 0 radical (unpaired) electrons. The Morgan fingerprint density at radius 3 is 2.50 bits per heavy atom. The maximum Gasteiger partial charge on any atom is 0.271 e. The van der Waals surface area contributed by atoms with Gasteiger partial charge in [-0.1, -0.05) is 41.9 Å². The van der Waals surface area contributed by atoms with Gasteiger partial charge in [0.1, 0.15) is 6.54 Å². The predicted molar refractivity (Wildman–Crippen MR) is 86.3 cm³/mol. The highest BCUT2D eigenvalue weighted by atomic mass is 79.9. The minimum absolute atomic E-state index is 0. The van der Waals surface area contributed by atoms with Gasteiger partial charge in [0.2, 0.25) is 0 Å². The Morgan fingerprint density at radius 2 is 1.86 bits per heavy atom. The van der Waals surface area contributed by atoms with E-state index in [2.05, 4.69) is 46.4 Å². The van der Waals surface area contributed by atoms with Gasteiger partial charge in [-0.25, -0.2) is 9.13 Å². The molecule has 22 heavy (non-hydrogen) atoms. The molecule has 5 heteroatoms. The van der Waals surface area contributed by atoms with Crippen molar-refractivity contribution in [2.75, 3.05) is 0 Å². The summed E-state index contributed by atoms with van der Waals surface area (Å²) in [5.41, 5.74) is 9.59. The largest absolute Gasteiger partial charge is 1.00 e. The van der Waals surface area contributed by atoms with Gasteiger partial charge < -0.3 is 22.7 Å². The predicted octanol–water partition coefficient (Wildman–Crippen LogP) is 0.113. The number of fused-ring (bicyclic) bond motifs is 1. The third-order valence-electron chi connectivity index (χ3n) is 3.82. The first-order valence-corrected chi connectivity index (χ1v) is 7.57. The van der Waals surface area contributed by atoms with Crippen molar-refractivity contribution in [1.82, 2.24) is 4.57 Å². The Labute approximate surface area is 146 Å². The molecule has 0 bridgehead atoms. The second-order valence-corrected chi connectivity index (χ2v) is 5.51. The van der Waals surface area contributed by atoms with Crippen molar-refractivity contribution in [2.24, 2.45) is 5.73 Å². The van der Waals surface area contributed by atoms with Crippen LogP contribution in [0.15, 0.2) is 48.5 Å². The van der Waals surface area contributed by atoms with Gasteiger partial charge in [0, 0.05) is 11.1 Å². The fourth-order valence-electron chi connectivity index (χ4n) is 2.88. The van der Waals surface area contributed by atoms with Gasteiger partial charge in [0.05, 0.1) is 13.1 Å². The molecule has 0 aliphatic heterocycles. The van der Waals surface area contributed by atoms with Crippen LogP contribution in [0, 0.1) is 0 Å². The first kappa shape index (κ1) is 17.0. The topological polar surface area (TPSA) is 34.8 Å². The first-order valence-electron chi connectivity index (χ1n) is 7.19. The summed E-state index contributed by atoms with van der Waals surface area (Å²) in [7, 11) is 0. The highest BCUT2D eigenvalue weighted by Crippen LogP contribution is 2.20. The van der Waals surface area contributed by atoms with Crippen LogP contribution in [0.1, 0.15) is 18.3 Å². The summed E-state index contributed by atoms with van der Waals surface area (Å²) in [6, 6.07) is 16.5. The number of nitrogens with two attached hydrogens (primary N) is 1. The molecule has 1 heterocycles. The van der Waals surface area contributed by atoms with E-state index in [1.807, 2.05) is 18.2 Å². The lowest BCUT2D eigenvalue weighted by molar-refractivity contribution is -0.671. The third-order valence-corrected chi connectivity index (χ3v) is 4.06. The second-order valence-electron chi connectivity index (χ2n) is 5.07. The third kappa shape index (κ3) is 3.05. The van der Waals surface area contributed by atoms with Crippen molar-refractivity contribution in [3.63, 3.8) is 0 Å². The zero-order chi connectivity index (χ0) is 14.8. The van der Waals surface area contributed by atoms with Crippen LogP contribution in [0.25, 0.3) is 11.0 Å². The van der Waals surface area contributed by atoms with E-state index < -0.39 is 0 Å². The number of halogens is 2. The highest BCUT2D eigenvalue weighted by molar-refractivity contribution is 6.31. The number of rotatable bonds is 4. The van der Waals surface area contributed by atoms with Crippen LogP contribution >= 0.6 is 11.6 Å². The van der Waals surface area contributed by atoms with E-state index in [1.54, 1.807) is 0 Å². The SMILES string of the molecule is CCn1c(CN)[n+](Cc2ccccc2)c2ccc(Cl)cc21.[Br-]. The molecule has 1 aromatic heterocycles. The molecule has 0 saturated heterocycles. The van der Waals surface area contributed by atoms with Crippen molar-refractivity contribution in [1.29, 1.82) is 0 Å². The normalized spacial score (nSPS) is 10.7. The maximum absolute atomic E-state index is 6.16. The Hall–Kier alpha value is -1.36. The molecule has 0 saturated carbocycles. The van der Waals surface area contributed by atoms with E-state index in [-0.39, 0.29) is 17.0 Å². The van der Waals surface area contributed by atoms with Crippen LogP contribution in [0.4, 0.5) is 0 Å². The molecule has 2 N–H and O–H groups in total. The van der Waals surface area contributed by atoms with Crippen molar-refractivity contribution >= 4 is 22.6 Å². The summed E-state index contributed by atoms with van der Waals surface area (Å²) in [6.45, 7) is 4.34. The summed E-state index contributed by atoms with van der Waals surface area (Å²) in [5.74, 6) is 1.12. The maximum atomic E-state index is 6.16. The highest BCUT2D eigenvalue weighted by Gasteiger charge is 2.23. The van der Waals surface area contributed by atoms with Crippen LogP contribution < -0.4 is 27.3 Å². The quantitative estimate of drug-likeness (QED) is 0.641. The molecule has 3 aromatic rings. The van der Waals surface area contributed by atoms with Gasteiger partial charge in [0.15, 0.2) is 11.0 Å². The van der Waals surface area contributed by atoms with Crippen LogP contribution in [0.3, 0.4) is 0 Å². The summed E-state index contributed by atoms with van der Waals surface area (Å²) < 4.78 is 4.52. The number of aryl methyl sites for hydroxylation is 1. The average molecular weight is 381 g/mol. The van der Waals surface area contributed by atoms with E-state index in [1.165, 1.54) is 11.1 Å². The Bertz CT molecular complexity index is 768. The standard InChI is InChI=1S/C17H19ClN3.BrH/c1-2-20-16-10-14(18)8-9-15(16)21(17(20)11-19)12-13-6-4-3-5-7-13;/h3-10H,2,11-12,19H2,1H3;1H/q+1;/p-1. The Morgan fingerprint density at radius 1 is 1.14 bits per heavy atom. The van der Waals surface area contributed by atoms with Crippen LogP contribution in [0.2, 0.25) is 5.02 Å². The summed E-state index contributed by atoms with van der Waals surface area (Å²) in [5, 5.41) is 0.755. The molecule has 0 spiro atoms. The average Bonchev–Trinajstić information content (AvgIpc) is 2.80. The van der Waals surface area contributed by atoms with E-state index in [0.717, 1.165) is 29.5 Å². The number of benzene rings is 2. The monoisotopic (exact) mass is 379 g/mol. The van der Waals surface area contributed by atoms with Crippen LogP contribution in [-0.4, -0.2) is 4.57 Å². The molecule has 0 unspecified atom stereocenters. The first-order chi connectivity index (χ1) is 10.2. The van der Waals surface area contributed by atoms with Gasteiger partial charge in [0.25, 0.3) is 5.82 Å². The van der Waals surface area contributed by atoms with Crippen LogP contribution in [0.5, 0.6) is 0 Å². The number of hydrogen-bond donors (Lipinski definition) is 1. The van der Waals surface area contributed by atoms with E-state index in [4.69, 9.17) is 17.3 Å². The molecule has 3 nitrogen and oxygen atoms in total. The molecule has 2 aromatic carbocycles. The molecular weight excluding hydrogens is 362 g/mol. The van der Waals surface area contributed by atoms with Crippen molar-refractivity contribution in [3.8, 4) is 0 Å². The van der Waals surface area contributed by atoms with E-state index in [9.17, 15) is 0 Å². The van der Waals surface area contributed by atoms with E-state index >= 15 is 0 Å².